The zero-order valence-corrected chi connectivity index (χ0v) is 11.1. The first kappa shape index (κ1) is 14.7. The second-order valence-corrected chi connectivity index (χ2v) is 4.88. The lowest BCUT2D eigenvalue weighted by Crippen LogP contribution is -2.43. The number of carbonyl (C=O) groups is 1. The second kappa shape index (κ2) is 6.65. The number of rotatable bonds is 4. The predicted molar refractivity (Wildman–Crippen MR) is 70.6 cm³/mol. The van der Waals surface area contributed by atoms with Gasteiger partial charge >= 0.3 is 6.61 Å². The largest absolute Gasteiger partial charge is 0.435 e. The van der Waals surface area contributed by atoms with Gasteiger partial charge < -0.3 is 15.4 Å². The fraction of sp³-hybridized carbons (Fsp3) is 0.500. The van der Waals surface area contributed by atoms with E-state index >= 15 is 0 Å². The lowest BCUT2D eigenvalue weighted by atomic mass is 10.0. The molecule has 20 heavy (non-hydrogen) atoms. The molecule has 0 radical (unpaired) electrons. The van der Waals surface area contributed by atoms with E-state index in [-0.39, 0.29) is 24.1 Å². The predicted octanol–water partition coefficient (Wildman–Crippen LogP) is 1.78. The van der Waals surface area contributed by atoms with E-state index in [0.29, 0.717) is 18.7 Å². The van der Waals surface area contributed by atoms with E-state index in [0.717, 1.165) is 12.8 Å². The Bertz CT molecular complexity index is 460. The number of para-hydroxylation sites is 1. The Hall–Kier alpha value is -1.69. The second-order valence-electron chi connectivity index (χ2n) is 4.88. The zero-order chi connectivity index (χ0) is 14.5. The maximum Gasteiger partial charge on any atom is 0.387 e. The van der Waals surface area contributed by atoms with Crippen molar-refractivity contribution in [2.45, 2.75) is 31.9 Å². The van der Waals surface area contributed by atoms with Crippen LogP contribution in [0.15, 0.2) is 24.3 Å². The number of hydrogen-bond donors (Lipinski definition) is 1. The third kappa shape index (κ3) is 3.90. The average Bonchev–Trinajstić information content (AvgIpc) is 2.41. The van der Waals surface area contributed by atoms with Gasteiger partial charge in [-0.15, -0.1) is 0 Å². The van der Waals surface area contributed by atoms with Crippen LogP contribution in [0.3, 0.4) is 0 Å². The highest BCUT2D eigenvalue weighted by Gasteiger charge is 2.21. The van der Waals surface area contributed by atoms with Crippen molar-refractivity contribution < 1.29 is 18.3 Å². The normalized spacial score (nSPS) is 16.5. The van der Waals surface area contributed by atoms with Crippen molar-refractivity contribution in [1.29, 1.82) is 0 Å². The van der Waals surface area contributed by atoms with Crippen LogP contribution in [0.2, 0.25) is 0 Å². The molecular formula is C14H18F2N2O2. The van der Waals surface area contributed by atoms with Crippen LogP contribution in [0.4, 0.5) is 8.78 Å². The van der Waals surface area contributed by atoms with Gasteiger partial charge in [0.25, 0.3) is 0 Å². The number of nitrogens with zero attached hydrogens (tertiary/aromatic N) is 1. The van der Waals surface area contributed by atoms with Crippen LogP contribution in [0.25, 0.3) is 0 Å². The Kier molecular flexibility index (Phi) is 4.89. The molecule has 1 fully saturated rings. The van der Waals surface area contributed by atoms with Crippen LogP contribution in [0.5, 0.6) is 5.75 Å². The molecule has 1 aliphatic rings. The Balaban J connectivity index is 2.00. The third-order valence-electron chi connectivity index (χ3n) is 3.42. The number of piperidine rings is 1. The van der Waals surface area contributed by atoms with Gasteiger partial charge in [-0.1, -0.05) is 18.2 Å². The first-order chi connectivity index (χ1) is 9.56. The molecule has 1 aromatic rings. The van der Waals surface area contributed by atoms with E-state index in [1.165, 1.54) is 6.07 Å². The number of carbonyl (C=O) groups excluding carboxylic acids is 1. The molecular weight excluding hydrogens is 266 g/mol. The first-order valence-corrected chi connectivity index (χ1v) is 6.62. The van der Waals surface area contributed by atoms with E-state index in [1.807, 2.05) is 0 Å². The molecule has 1 heterocycles. The molecule has 1 aliphatic heterocycles. The van der Waals surface area contributed by atoms with E-state index in [1.54, 1.807) is 23.1 Å². The molecule has 1 saturated heterocycles. The molecule has 0 bridgehead atoms. The molecule has 0 spiro atoms. The molecule has 1 aromatic carbocycles. The van der Waals surface area contributed by atoms with Crippen molar-refractivity contribution in [1.82, 2.24) is 4.90 Å². The lowest BCUT2D eigenvalue weighted by molar-refractivity contribution is -0.131. The van der Waals surface area contributed by atoms with Crippen molar-refractivity contribution in [2.75, 3.05) is 13.1 Å². The van der Waals surface area contributed by atoms with Gasteiger partial charge in [-0.2, -0.15) is 8.78 Å². The molecule has 0 unspecified atom stereocenters. The fourth-order valence-corrected chi connectivity index (χ4v) is 2.28. The highest BCUT2D eigenvalue weighted by Crippen LogP contribution is 2.22. The van der Waals surface area contributed by atoms with Crippen molar-refractivity contribution in [3.8, 4) is 5.75 Å². The average molecular weight is 284 g/mol. The SMILES string of the molecule is NC1CCN(C(=O)Cc2ccccc2OC(F)F)CC1. The molecule has 1 amide bonds. The Labute approximate surface area is 116 Å². The summed E-state index contributed by atoms with van der Waals surface area (Å²) in [7, 11) is 0. The molecule has 2 N–H and O–H groups in total. The highest BCUT2D eigenvalue weighted by atomic mass is 19.3. The molecule has 4 nitrogen and oxygen atoms in total. The fourth-order valence-electron chi connectivity index (χ4n) is 2.28. The third-order valence-corrected chi connectivity index (χ3v) is 3.42. The van der Waals surface area contributed by atoms with Gasteiger partial charge in [0.2, 0.25) is 5.91 Å². The van der Waals surface area contributed by atoms with Crippen molar-refractivity contribution in [3.63, 3.8) is 0 Å². The monoisotopic (exact) mass is 284 g/mol. The minimum atomic E-state index is -2.89. The molecule has 0 saturated carbocycles. The van der Waals surface area contributed by atoms with Crippen molar-refractivity contribution in [3.05, 3.63) is 29.8 Å². The van der Waals surface area contributed by atoms with Gasteiger partial charge in [-0.05, 0) is 18.9 Å². The Morgan fingerprint density at radius 2 is 2.00 bits per heavy atom. The van der Waals surface area contributed by atoms with E-state index in [2.05, 4.69) is 4.74 Å². The summed E-state index contributed by atoms with van der Waals surface area (Å²) in [6.45, 7) is -1.64. The van der Waals surface area contributed by atoms with Gasteiger partial charge in [0, 0.05) is 24.7 Å². The summed E-state index contributed by atoms with van der Waals surface area (Å²) in [6.07, 6.45) is 1.62. The molecule has 0 aliphatic carbocycles. The van der Waals surface area contributed by atoms with Gasteiger partial charge in [0.05, 0.1) is 6.42 Å². The lowest BCUT2D eigenvalue weighted by Gasteiger charge is -2.30. The van der Waals surface area contributed by atoms with Crippen LogP contribution in [0.1, 0.15) is 18.4 Å². The number of halogens is 2. The van der Waals surface area contributed by atoms with E-state index in [9.17, 15) is 13.6 Å². The van der Waals surface area contributed by atoms with Gasteiger partial charge in [0.1, 0.15) is 5.75 Å². The smallest absolute Gasteiger partial charge is 0.387 e. The first-order valence-electron chi connectivity index (χ1n) is 6.62. The number of amides is 1. The minimum Gasteiger partial charge on any atom is -0.435 e. The van der Waals surface area contributed by atoms with Crippen LogP contribution in [-0.2, 0) is 11.2 Å². The van der Waals surface area contributed by atoms with Gasteiger partial charge in [-0.25, -0.2) is 0 Å². The van der Waals surface area contributed by atoms with Crippen LogP contribution < -0.4 is 10.5 Å². The summed E-state index contributed by atoms with van der Waals surface area (Å²) in [5.74, 6) is -0.0215. The number of alkyl halides is 2. The number of hydrogen-bond acceptors (Lipinski definition) is 3. The molecule has 2 rings (SSSR count). The van der Waals surface area contributed by atoms with Crippen molar-refractivity contribution in [2.24, 2.45) is 5.73 Å². The van der Waals surface area contributed by atoms with E-state index < -0.39 is 6.61 Å². The summed E-state index contributed by atoms with van der Waals surface area (Å²) in [4.78, 5) is 13.9. The Morgan fingerprint density at radius 1 is 1.35 bits per heavy atom. The number of nitrogens with two attached hydrogens (primary N) is 1. The maximum absolute atomic E-state index is 12.3. The van der Waals surface area contributed by atoms with E-state index in [4.69, 9.17) is 5.73 Å². The topological polar surface area (TPSA) is 55.6 Å². The Morgan fingerprint density at radius 3 is 2.65 bits per heavy atom. The summed E-state index contributed by atoms with van der Waals surface area (Å²) in [5.41, 5.74) is 6.27. The number of likely N-dealkylation sites (tertiary alicyclic amines) is 1. The highest BCUT2D eigenvalue weighted by molar-refractivity contribution is 5.79. The van der Waals surface area contributed by atoms with Crippen LogP contribution >= 0.6 is 0 Å². The summed E-state index contributed by atoms with van der Waals surface area (Å²) in [5, 5.41) is 0. The summed E-state index contributed by atoms with van der Waals surface area (Å²) >= 11 is 0. The molecule has 6 heteroatoms. The maximum atomic E-state index is 12.3. The van der Waals surface area contributed by atoms with Gasteiger partial charge in [-0.3, -0.25) is 4.79 Å². The minimum absolute atomic E-state index is 0.0598. The molecule has 110 valence electrons. The van der Waals surface area contributed by atoms with Gasteiger partial charge in [0.15, 0.2) is 0 Å². The van der Waals surface area contributed by atoms with Crippen LogP contribution in [-0.4, -0.2) is 36.5 Å². The standard InChI is InChI=1S/C14H18F2N2O2/c15-14(16)20-12-4-2-1-3-10(12)9-13(19)18-7-5-11(17)6-8-18/h1-4,11,14H,5-9,17H2. The number of benzene rings is 1. The summed E-state index contributed by atoms with van der Waals surface area (Å²) < 4.78 is 29.0. The van der Waals surface area contributed by atoms with Crippen LogP contribution in [0, 0.1) is 0 Å². The quantitative estimate of drug-likeness (QED) is 0.917. The molecule has 0 aromatic heterocycles. The summed E-state index contributed by atoms with van der Waals surface area (Å²) in [6, 6.07) is 6.53. The van der Waals surface area contributed by atoms with Crippen molar-refractivity contribution >= 4 is 5.91 Å². The molecule has 0 atom stereocenters. The zero-order valence-electron chi connectivity index (χ0n) is 11.1. The number of ether oxygens (including phenoxy) is 1.